The maximum atomic E-state index is 11.6. The normalized spacial score (nSPS) is 11.7. The van der Waals surface area contributed by atoms with Crippen LogP contribution in [0.3, 0.4) is 0 Å². The highest BCUT2D eigenvalue weighted by molar-refractivity contribution is 5.93. The van der Waals surface area contributed by atoms with Crippen LogP contribution in [0.5, 0.6) is 0 Å². The van der Waals surface area contributed by atoms with Crippen LogP contribution in [0.25, 0.3) is 0 Å². The highest BCUT2D eigenvalue weighted by atomic mass is 16.4. The Bertz CT molecular complexity index is 436. The van der Waals surface area contributed by atoms with Crippen LogP contribution < -0.4 is 10.6 Å². The molecule has 0 aliphatic rings. The van der Waals surface area contributed by atoms with Crippen molar-refractivity contribution in [2.75, 3.05) is 11.9 Å². The van der Waals surface area contributed by atoms with E-state index < -0.39 is 12.0 Å². The zero-order chi connectivity index (χ0) is 13.5. The smallest absolute Gasteiger partial charge is 0.341 e. The summed E-state index contributed by atoms with van der Waals surface area (Å²) in [6, 6.07) is -0.565. The van der Waals surface area contributed by atoms with Crippen LogP contribution in [0.15, 0.2) is 12.5 Å². The molecule has 1 aromatic rings. The Morgan fingerprint density at radius 3 is 2.83 bits per heavy atom. The van der Waals surface area contributed by atoms with E-state index in [1.807, 2.05) is 6.92 Å². The lowest BCUT2D eigenvalue weighted by molar-refractivity contribution is -0.121. The molecule has 1 atom stereocenters. The van der Waals surface area contributed by atoms with Gasteiger partial charge in [-0.25, -0.2) is 14.8 Å². The molecule has 0 radical (unpaired) electrons. The first-order valence-corrected chi connectivity index (χ1v) is 5.63. The lowest BCUT2D eigenvalue weighted by atomic mass is 10.2. The van der Waals surface area contributed by atoms with E-state index in [2.05, 4.69) is 20.6 Å². The van der Waals surface area contributed by atoms with Gasteiger partial charge < -0.3 is 15.7 Å². The fraction of sp³-hybridized carbons (Fsp3) is 0.455. The average Bonchev–Trinajstić information content (AvgIpc) is 2.36. The summed E-state index contributed by atoms with van der Waals surface area (Å²) in [5.74, 6) is -1.21. The minimum Gasteiger partial charge on any atom is -0.477 e. The number of hydrogen-bond donors (Lipinski definition) is 3. The third-order valence-electron chi connectivity index (χ3n) is 2.24. The molecule has 0 saturated carbocycles. The van der Waals surface area contributed by atoms with E-state index in [1.165, 1.54) is 12.5 Å². The SMILES string of the molecule is CCCNC(=O)C(C)Nc1ncncc1C(=O)O. The van der Waals surface area contributed by atoms with Crippen molar-refractivity contribution in [2.45, 2.75) is 26.3 Å². The van der Waals surface area contributed by atoms with Gasteiger partial charge in [0.1, 0.15) is 23.8 Å². The second kappa shape index (κ2) is 6.53. The first-order valence-electron chi connectivity index (χ1n) is 5.63. The summed E-state index contributed by atoms with van der Waals surface area (Å²) in [5, 5.41) is 14.4. The van der Waals surface area contributed by atoms with Crippen molar-refractivity contribution in [3.05, 3.63) is 18.1 Å². The van der Waals surface area contributed by atoms with Crippen LogP contribution in [0.4, 0.5) is 5.82 Å². The standard InChI is InChI=1S/C11H16N4O3/c1-3-4-13-10(16)7(2)15-9-8(11(17)18)5-12-6-14-9/h5-7H,3-4H2,1-2H3,(H,13,16)(H,17,18)(H,12,14,15). The van der Waals surface area contributed by atoms with Crippen molar-refractivity contribution < 1.29 is 14.7 Å². The fourth-order valence-electron chi connectivity index (χ4n) is 1.27. The molecule has 7 heteroatoms. The number of amides is 1. The van der Waals surface area contributed by atoms with Gasteiger partial charge in [0, 0.05) is 12.7 Å². The quantitative estimate of drug-likeness (QED) is 0.681. The van der Waals surface area contributed by atoms with Crippen molar-refractivity contribution in [3.63, 3.8) is 0 Å². The summed E-state index contributed by atoms with van der Waals surface area (Å²) in [6.07, 6.45) is 3.26. The lowest BCUT2D eigenvalue weighted by Gasteiger charge is -2.15. The van der Waals surface area contributed by atoms with Gasteiger partial charge in [-0.15, -0.1) is 0 Å². The molecule has 3 N–H and O–H groups in total. The van der Waals surface area contributed by atoms with Gasteiger partial charge in [-0.1, -0.05) is 6.92 Å². The molecule has 0 aliphatic carbocycles. The third-order valence-corrected chi connectivity index (χ3v) is 2.24. The Morgan fingerprint density at radius 1 is 1.50 bits per heavy atom. The second-order valence-electron chi connectivity index (χ2n) is 3.75. The van der Waals surface area contributed by atoms with Crippen molar-refractivity contribution in [1.82, 2.24) is 15.3 Å². The fourth-order valence-corrected chi connectivity index (χ4v) is 1.27. The molecule has 18 heavy (non-hydrogen) atoms. The number of rotatable bonds is 6. The minimum absolute atomic E-state index is 0.0624. The van der Waals surface area contributed by atoms with E-state index >= 15 is 0 Å². The number of nitrogens with one attached hydrogen (secondary N) is 2. The summed E-state index contributed by atoms with van der Waals surface area (Å²) in [6.45, 7) is 4.17. The Balaban J connectivity index is 2.72. The number of nitrogens with zero attached hydrogens (tertiary/aromatic N) is 2. The number of aromatic carboxylic acids is 1. The molecular formula is C11H16N4O3. The van der Waals surface area contributed by atoms with E-state index in [-0.39, 0.29) is 17.3 Å². The summed E-state index contributed by atoms with van der Waals surface area (Å²) >= 11 is 0. The van der Waals surface area contributed by atoms with Crippen molar-refractivity contribution in [3.8, 4) is 0 Å². The Labute approximate surface area is 105 Å². The third kappa shape index (κ3) is 3.69. The predicted molar refractivity (Wildman–Crippen MR) is 65.4 cm³/mol. The Kier molecular flexibility index (Phi) is 5.04. The van der Waals surface area contributed by atoms with E-state index in [0.29, 0.717) is 6.54 Å². The van der Waals surface area contributed by atoms with Gasteiger partial charge in [-0.3, -0.25) is 4.79 Å². The maximum absolute atomic E-state index is 11.6. The van der Waals surface area contributed by atoms with Gasteiger partial charge in [-0.2, -0.15) is 0 Å². The summed E-state index contributed by atoms with van der Waals surface area (Å²) in [4.78, 5) is 30.0. The molecule has 0 bridgehead atoms. The molecule has 1 amide bonds. The number of carbonyl (C=O) groups is 2. The largest absolute Gasteiger partial charge is 0.477 e. The molecule has 1 heterocycles. The first kappa shape index (κ1) is 13.9. The molecule has 0 aliphatic heterocycles. The van der Waals surface area contributed by atoms with Crippen LogP contribution in [-0.2, 0) is 4.79 Å². The molecule has 0 spiro atoms. The molecule has 1 rings (SSSR count). The molecule has 7 nitrogen and oxygen atoms in total. The first-order chi connectivity index (χ1) is 8.56. The summed E-state index contributed by atoms with van der Waals surface area (Å²) in [7, 11) is 0. The monoisotopic (exact) mass is 252 g/mol. The van der Waals surface area contributed by atoms with Gasteiger partial charge in [-0.05, 0) is 13.3 Å². The molecule has 0 saturated heterocycles. The highest BCUT2D eigenvalue weighted by Gasteiger charge is 2.17. The Hall–Kier alpha value is -2.18. The van der Waals surface area contributed by atoms with Gasteiger partial charge in [0.25, 0.3) is 0 Å². The van der Waals surface area contributed by atoms with E-state index in [4.69, 9.17) is 5.11 Å². The van der Waals surface area contributed by atoms with Gasteiger partial charge in [0.05, 0.1) is 0 Å². The summed E-state index contributed by atoms with van der Waals surface area (Å²) < 4.78 is 0. The maximum Gasteiger partial charge on any atom is 0.341 e. The van der Waals surface area contributed by atoms with E-state index in [0.717, 1.165) is 6.42 Å². The predicted octanol–water partition coefficient (Wildman–Crippen LogP) is 0.501. The number of hydrogen-bond acceptors (Lipinski definition) is 5. The molecular weight excluding hydrogens is 236 g/mol. The Morgan fingerprint density at radius 2 is 2.22 bits per heavy atom. The molecule has 1 unspecified atom stereocenters. The number of carboxylic acids is 1. The van der Waals surface area contributed by atoms with E-state index in [9.17, 15) is 9.59 Å². The average molecular weight is 252 g/mol. The van der Waals surface area contributed by atoms with Crippen molar-refractivity contribution >= 4 is 17.7 Å². The van der Waals surface area contributed by atoms with Gasteiger partial charge in [0.15, 0.2) is 0 Å². The highest BCUT2D eigenvalue weighted by Crippen LogP contribution is 2.11. The lowest BCUT2D eigenvalue weighted by Crippen LogP contribution is -2.38. The zero-order valence-electron chi connectivity index (χ0n) is 10.3. The molecule has 0 fully saturated rings. The topological polar surface area (TPSA) is 104 Å². The van der Waals surface area contributed by atoms with Crippen molar-refractivity contribution in [2.24, 2.45) is 0 Å². The van der Waals surface area contributed by atoms with Crippen LogP contribution in [0, 0.1) is 0 Å². The summed E-state index contributed by atoms with van der Waals surface area (Å²) in [5.41, 5.74) is -0.0624. The van der Waals surface area contributed by atoms with Gasteiger partial charge >= 0.3 is 5.97 Å². The van der Waals surface area contributed by atoms with Crippen LogP contribution in [0.1, 0.15) is 30.6 Å². The van der Waals surface area contributed by atoms with Crippen LogP contribution in [-0.4, -0.2) is 39.5 Å². The minimum atomic E-state index is -1.14. The number of carboxylic acid groups (broad SMARTS) is 1. The van der Waals surface area contributed by atoms with Crippen LogP contribution in [0.2, 0.25) is 0 Å². The number of anilines is 1. The van der Waals surface area contributed by atoms with Crippen LogP contribution >= 0.6 is 0 Å². The number of carbonyl (C=O) groups excluding carboxylic acids is 1. The van der Waals surface area contributed by atoms with E-state index in [1.54, 1.807) is 6.92 Å². The van der Waals surface area contributed by atoms with Gasteiger partial charge in [0.2, 0.25) is 5.91 Å². The molecule has 98 valence electrons. The van der Waals surface area contributed by atoms with Crippen molar-refractivity contribution in [1.29, 1.82) is 0 Å². The molecule has 1 aromatic heterocycles. The number of aromatic nitrogens is 2. The molecule has 0 aromatic carbocycles. The zero-order valence-corrected chi connectivity index (χ0v) is 10.3. The second-order valence-corrected chi connectivity index (χ2v) is 3.75.